The zero-order valence-electron chi connectivity index (χ0n) is 31.4. The number of hydrogen-bond acceptors (Lipinski definition) is 6. The van der Waals surface area contributed by atoms with E-state index in [-0.39, 0.29) is 48.1 Å². The summed E-state index contributed by atoms with van der Waals surface area (Å²) in [7, 11) is 0. The molecule has 0 bridgehead atoms. The Bertz CT molecular complexity index is 1590. The fourth-order valence-electron chi connectivity index (χ4n) is 7.76. The Morgan fingerprint density at radius 3 is 2.24 bits per heavy atom. The molecule has 0 aromatic heterocycles. The highest BCUT2D eigenvalue weighted by atomic mass is 16.2. The van der Waals surface area contributed by atoms with Gasteiger partial charge in [0.05, 0.1) is 12.1 Å². The molecule has 0 spiro atoms. The molecule has 4 N–H and O–H groups in total. The molecule has 2 aliphatic carbocycles. The van der Waals surface area contributed by atoms with E-state index in [1.165, 1.54) is 6.08 Å². The van der Waals surface area contributed by atoms with Crippen LogP contribution < -0.4 is 21.3 Å². The average molecular weight is 705 g/mol. The van der Waals surface area contributed by atoms with E-state index in [0.717, 1.165) is 18.4 Å². The van der Waals surface area contributed by atoms with Gasteiger partial charge in [-0.3, -0.25) is 24.0 Å². The van der Waals surface area contributed by atoms with E-state index in [0.29, 0.717) is 25.1 Å². The minimum absolute atomic E-state index is 0.0764. The normalized spacial score (nSPS) is 23.7. The van der Waals surface area contributed by atoms with Crippen molar-refractivity contribution in [2.75, 3.05) is 19.6 Å². The zero-order valence-corrected chi connectivity index (χ0v) is 31.4. The lowest BCUT2D eigenvalue weighted by Crippen LogP contribution is -2.62. The number of ketones is 1. The van der Waals surface area contributed by atoms with Crippen molar-refractivity contribution in [1.29, 1.82) is 0 Å². The minimum atomic E-state index is -1.00. The number of carbonyl (C=O) groups is 6. The van der Waals surface area contributed by atoms with Gasteiger partial charge in [0, 0.05) is 31.7 Å². The van der Waals surface area contributed by atoms with Gasteiger partial charge in [0.1, 0.15) is 12.1 Å². The van der Waals surface area contributed by atoms with Crippen molar-refractivity contribution in [3.63, 3.8) is 0 Å². The fourth-order valence-corrected chi connectivity index (χ4v) is 7.76. The molecule has 278 valence electrons. The summed E-state index contributed by atoms with van der Waals surface area (Å²) in [6.45, 7) is 20.5. The van der Waals surface area contributed by atoms with Crippen molar-refractivity contribution in [2.24, 2.45) is 34.0 Å². The number of benzene rings is 1. The number of Topliss-reactive ketones (excluding diaryl/α,β-unsaturated/α-hetero) is 1. The first-order valence-corrected chi connectivity index (χ1v) is 18.2. The second-order valence-corrected chi connectivity index (χ2v) is 17.7. The summed E-state index contributed by atoms with van der Waals surface area (Å²) < 4.78 is 0. The predicted molar refractivity (Wildman–Crippen MR) is 193 cm³/mol. The Morgan fingerprint density at radius 1 is 0.980 bits per heavy atom. The number of nitrogens with zero attached hydrogens (tertiary/aromatic N) is 2. The molecule has 2 heterocycles. The molecule has 3 fully saturated rings. The molecule has 6 atom stereocenters. The molecule has 1 aromatic carbocycles. The van der Waals surface area contributed by atoms with Gasteiger partial charge in [-0.15, -0.1) is 6.58 Å². The van der Waals surface area contributed by atoms with Crippen LogP contribution in [0.25, 0.3) is 0 Å². The number of hydrogen-bond donors (Lipinski definition) is 4. The van der Waals surface area contributed by atoms with Crippen LogP contribution in [0.4, 0.5) is 4.79 Å². The lowest BCUT2D eigenvalue weighted by Gasteiger charge is -2.39. The van der Waals surface area contributed by atoms with Crippen LogP contribution >= 0.6 is 0 Å². The molecular formula is C39H56N6O6. The van der Waals surface area contributed by atoms with Crippen molar-refractivity contribution >= 4 is 35.4 Å². The number of carbonyl (C=O) groups excluding carboxylic acids is 6. The molecule has 12 nitrogen and oxygen atoms in total. The monoisotopic (exact) mass is 704 g/mol. The van der Waals surface area contributed by atoms with Crippen molar-refractivity contribution in [2.45, 2.75) is 105 Å². The Morgan fingerprint density at radius 2 is 1.65 bits per heavy atom. The van der Waals surface area contributed by atoms with Crippen LogP contribution in [0.5, 0.6) is 0 Å². The van der Waals surface area contributed by atoms with Gasteiger partial charge in [0.2, 0.25) is 17.6 Å². The molecule has 6 amide bonds. The molecule has 5 rings (SSSR count). The molecule has 2 aliphatic heterocycles. The van der Waals surface area contributed by atoms with E-state index in [1.807, 2.05) is 65.8 Å². The largest absolute Gasteiger partial charge is 0.346 e. The smallest absolute Gasteiger partial charge is 0.315 e. The third-order valence-electron chi connectivity index (χ3n) is 11.3. The maximum absolute atomic E-state index is 14.5. The van der Waals surface area contributed by atoms with E-state index in [2.05, 4.69) is 41.7 Å². The minimum Gasteiger partial charge on any atom is -0.346 e. The highest BCUT2D eigenvalue weighted by Crippen LogP contribution is 2.65. The van der Waals surface area contributed by atoms with Crippen LogP contribution in [0.2, 0.25) is 0 Å². The summed E-state index contributed by atoms with van der Waals surface area (Å²) in [5.41, 5.74) is 0.274. The molecule has 12 heteroatoms. The molecule has 0 radical (unpaired) electrons. The van der Waals surface area contributed by atoms with E-state index in [4.69, 9.17) is 0 Å². The highest BCUT2D eigenvalue weighted by molar-refractivity contribution is 6.38. The van der Waals surface area contributed by atoms with Crippen LogP contribution in [0.15, 0.2) is 36.9 Å². The van der Waals surface area contributed by atoms with Crippen LogP contribution in [0.3, 0.4) is 0 Å². The molecular weight excluding hydrogens is 648 g/mol. The Kier molecular flexibility index (Phi) is 10.5. The van der Waals surface area contributed by atoms with Crippen molar-refractivity contribution in [3.05, 3.63) is 48.0 Å². The van der Waals surface area contributed by atoms with E-state index >= 15 is 0 Å². The SMILES string of the molecule is C=CCNC(=O)C(=O)C(CC1CC1)NC(=O)C1[C@@H]2[C@H](CN1C(=O)C(NC(=O)NC(CN1Cc3ccccc3C1=O)C(C)(C)C)C(C)(C)C)C2(C)C. The van der Waals surface area contributed by atoms with Crippen LogP contribution in [-0.4, -0.2) is 89.0 Å². The first kappa shape index (κ1) is 38.0. The quantitative estimate of drug-likeness (QED) is 0.182. The lowest BCUT2D eigenvalue weighted by atomic mass is 9.85. The predicted octanol–water partition coefficient (Wildman–Crippen LogP) is 3.41. The van der Waals surface area contributed by atoms with Crippen LogP contribution in [0, 0.1) is 34.0 Å². The van der Waals surface area contributed by atoms with Crippen molar-refractivity contribution in [1.82, 2.24) is 31.1 Å². The van der Waals surface area contributed by atoms with Crippen molar-refractivity contribution < 1.29 is 28.8 Å². The molecule has 1 aromatic rings. The van der Waals surface area contributed by atoms with Gasteiger partial charge in [-0.2, -0.15) is 0 Å². The zero-order chi connectivity index (χ0) is 37.6. The Labute approximate surface area is 301 Å². The Hall–Kier alpha value is -4.22. The summed E-state index contributed by atoms with van der Waals surface area (Å²) in [6, 6.07) is 3.67. The summed E-state index contributed by atoms with van der Waals surface area (Å²) in [5, 5.41) is 11.4. The Balaban J connectivity index is 1.31. The number of urea groups is 1. The molecule has 4 aliphatic rings. The number of rotatable bonds is 13. The number of piperidine rings is 1. The second-order valence-electron chi connectivity index (χ2n) is 17.7. The maximum atomic E-state index is 14.5. The van der Waals surface area contributed by atoms with Gasteiger partial charge < -0.3 is 31.1 Å². The number of likely N-dealkylation sites (tertiary alicyclic amines) is 1. The number of amides is 6. The standard InChI is InChI=1S/C39H56N6O6/c1-10-17-40-33(48)30(46)26(18-22-15-16-22)41-32(47)29-28-25(39(28,8)9)20-45(29)35(50)31(38(5,6)7)43-36(51)42-27(37(2,3)4)21-44-19-23-13-11-12-14-24(23)34(44)49/h10-14,22,25-29,31H,1,15-21H2,2-9H3,(H,40,48)(H,41,47)(H2,42,43,51)/t25-,26?,27?,28-,29?,31?/m0/s1. The number of nitrogens with one attached hydrogen (secondary N) is 4. The summed E-state index contributed by atoms with van der Waals surface area (Å²) in [6.07, 6.45) is 3.70. The van der Waals surface area contributed by atoms with E-state index < -0.39 is 58.6 Å². The van der Waals surface area contributed by atoms with Gasteiger partial charge in [-0.05, 0) is 52.0 Å². The molecule has 51 heavy (non-hydrogen) atoms. The average Bonchev–Trinajstić information content (AvgIpc) is 3.85. The molecule has 4 unspecified atom stereocenters. The van der Waals surface area contributed by atoms with E-state index in [1.54, 1.807) is 9.80 Å². The fraction of sp³-hybridized carbons (Fsp3) is 0.641. The molecule has 2 saturated carbocycles. The third kappa shape index (κ3) is 8.15. The van der Waals surface area contributed by atoms with Crippen LogP contribution in [0.1, 0.15) is 90.6 Å². The van der Waals surface area contributed by atoms with E-state index in [9.17, 15) is 28.8 Å². The van der Waals surface area contributed by atoms with Gasteiger partial charge in [0.15, 0.2) is 0 Å². The van der Waals surface area contributed by atoms with Crippen molar-refractivity contribution in [3.8, 4) is 0 Å². The second kappa shape index (κ2) is 14.1. The summed E-state index contributed by atoms with van der Waals surface area (Å²) in [4.78, 5) is 84.6. The van der Waals surface area contributed by atoms with Gasteiger partial charge in [0.25, 0.3) is 11.8 Å². The topological polar surface area (TPSA) is 157 Å². The first-order chi connectivity index (χ1) is 23.7. The first-order valence-electron chi connectivity index (χ1n) is 18.2. The number of fused-ring (bicyclic) bond motifs is 2. The molecule has 1 saturated heterocycles. The van der Waals surface area contributed by atoms with Crippen LogP contribution in [-0.2, 0) is 25.7 Å². The lowest BCUT2D eigenvalue weighted by molar-refractivity contribution is -0.145. The van der Waals surface area contributed by atoms with Gasteiger partial charge in [-0.25, -0.2) is 4.79 Å². The third-order valence-corrected chi connectivity index (χ3v) is 11.3. The maximum Gasteiger partial charge on any atom is 0.315 e. The van der Waals surface area contributed by atoms with Gasteiger partial charge >= 0.3 is 6.03 Å². The highest BCUT2D eigenvalue weighted by Gasteiger charge is 2.70. The summed E-state index contributed by atoms with van der Waals surface area (Å²) >= 11 is 0. The van der Waals surface area contributed by atoms with Gasteiger partial charge in [-0.1, -0.05) is 92.5 Å². The summed E-state index contributed by atoms with van der Waals surface area (Å²) in [5.74, 6) is -2.21.